The fourth-order valence-corrected chi connectivity index (χ4v) is 5.00. The van der Waals surface area contributed by atoms with Crippen LogP contribution in [-0.2, 0) is 16.6 Å². The molecule has 2 aromatic rings. The number of fused-ring (bicyclic) bond motifs is 1. The van der Waals surface area contributed by atoms with Gasteiger partial charge in [0, 0.05) is 16.6 Å². The lowest BCUT2D eigenvalue weighted by molar-refractivity contribution is 0.299. The van der Waals surface area contributed by atoms with Gasteiger partial charge in [-0.25, -0.2) is 13.6 Å². The smallest absolute Gasteiger partial charge is 0.225 e. The highest BCUT2D eigenvalue weighted by Crippen LogP contribution is 2.32. The van der Waals surface area contributed by atoms with Crippen LogP contribution in [0.2, 0.25) is 0 Å². The molecule has 1 unspecified atom stereocenters. The van der Waals surface area contributed by atoms with Gasteiger partial charge in [-0.15, -0.1) is 11.3 Å². The van der Waals surface area contributed by atoms with Crippen LogP contribution in [0.25, 0.3) is 10.1 Å². The van der Waals surface area contributed by atoms with Gasteiger partial charge in [-0.05, 0) is 42.5 Å². The van der Waals surface area contributed by atoms with Crippen molar-refractivity contribution in [2.45, 2.75) is 24.8 Å². The highest BCUT2D eigenvalue weighted by Gasteiger charge is 2.33. The first-order chi connectivity index (χ1) is 10.0. The van der Waals surface area contributed by atoms with Gasteiger partial charge in [0.1, 0.15) is 5.37 Å². The monoisotopic (exact) mass is 321 g/mol. The van der Waals surface area contributed by atoms with Crippen LogP contribution in [0.5, 0.6) is 0 Å². The summed E-state index contributed by atoms with van der Waals surface area (Å²) in [6.45, 7) is 1.23. The molecule has 1 aliphatic rings. The Morgan fingerprint density at radius 2 is 2.29 bits per heavy atom. The van der Waals surface area contributed by atoms with E-state index in [1.165, 1.54) is 0 Å². The maximum Gasteiger partial charge on any atom is 0.225 e. The van der Waals surface area contributed by atoms with Gasteiger partial charge in [0.15, 0.2) is 0 Å². The minimum atomic E-state index is -3.56. The van der Waals surface area contributed by atoms with Gasteiger partial charge in [0.25, 0.3) is 0 Å². The molecule has 0 bridgehead atoms. The normalized spacial score (nSPS) is 19.9. The molecule has 1 atom stereocenters. The Hall–Kier alpha value is -1.46. The van der Waals surface area contributed by atoms with Gasteiger partial charge in [0.2, 0.25) is 10.0 Å². The van der Waals surface area contributed by atoms with Gasteiger partial charge < -0.3 is 0 Å². The van der Waals surface area contributed by atoms with Crippen molar-refractivity contribution in [3.05, 3.63) is 34.7 Å². The summed E-state index contributed by atoms with van der Waals surface area (Å²) in [5, 5.41) is 16.9. The Bertz CT molecular complexity index is 820. The second-order valence-electron chi connectivity index (χ2n) is 5.21. The second kappa shape index (κ2) is 5.39. The number of nitriles is 1. The summed E-state index contributed by atoms with van der Waals surface area (Å²) in [7, 11) is -3.56. The number of hydrogen-bond acceptors (Lipinski definition) is 5. The lowest BCUT2D eigenvalue weighted by Crippen LogP contribution is -2.39. The lowest BCUT2D eigenvalue weighted by Gasteiger charge is -2.22. The first kappa shape index (κ1) is 14.5. The third kappa shape index (κ3) is 2.68. The van der Waals surface area contributed by atoms with Crippen molar-refractivity contribution < 1.29 is 8.42 Å². The lowest BCUT2D eigenvalue weighted by atomic mass is 10.1. The standard InChI is InChI=1S/C14H15N3O2S2/c15-7-10-3-1-4-12-14(10)11(9-20-12)8-17-6-2-5-13(17)21(16,18)19/h1,3-4,9,13H,2,5-6,8H2,(H2,16,18,19). The minimum absolute atomic E-state index is 0.514. The third-order valence-electron chi connectivity index (χ3n) is 3.85. The SMILES string of the molecule is N#Cc1cccc2scc(CN3CCCC3S(N)(=O)=O)c12. The molecule has 1 aliphatic heterocycles. The molecular weight excluding hydrogens is 306 g/mol. The van der Waals surface area contributed by atoms with Crippen LogP contribution in [-0.4, -0.2) is 25.2 Å². The molecule has 0 saturated carbocycles. The van der Waals surface area contributed by atoms with Crippen LogP contribution in [0.15, 0.2) is 23.6 Å². The molecule has 0 amide bonds. The van der Waals surface area contributed by atoms with Gasteiger partial charge >= 0.3 is 0 Å². The Morgan fingerprint density at radius 3 is 3.00 bits per heavy atom. The number of likely N-dealkylation sites (tertiary alicyclic amines) is 1. The van der Waals surface area contributed by atoms with Crippen molar-refractivity contribution in [2.75, 3.05) is 6.54 Å². The number of nitrogens with two attached hydrogens (primary N) is 1. The minimum Gasteiger partial charge on any atom is -0.282 e. The summed E-state index contributed by atoms with van der Waals surface area (Å²) in [6.07, 6.45) is 1.40. The topological polar surface area (TPSA) is 87.2 Å². The van der Waals surface area contributed by atoms with Crippen molar-refractivity contribution in [2.24, 2.45) is 5.14 Å². The maximum absolute atomic E-state index is 11.6. The summed E-state index contributed by atoms with van der Waals surface area (Å²) in [5.41, 5.74) is 1.64. The summed E-state index contributed by atoms with van der Waals surface area (Å²) < 4.78 is 24.3. The summed E-state index contributed by atoms with van der Waals surface area (Å²) in [6, 6.07) is 7.84. The maximum atomic E-state index is 11.6. The molecule has 1 saturated heterocycles. The van der Waals surface area contributed by atoms with E-state index in [-0.39, 0.29) is 0 Å². The van der Waals surface area contributed by atoms with Crippen LogP contribution in [0.3, 0.4) is 0 Å². The second-order valence-corrected chi connectivity index (χ2v) is 7.84. The summed E-state index contributed by atoms with van der Waals surface area (Å²) in [5.74, 6) is 0. The molecule has 110 valence electrons. The van der Waals surface area contributed by atoms with E-state index in [9.17, 15) is 13.7 Å². The predicted molar refractivity (Wildman–Crippen MR) is 83.1 cm³/mol. The summed E-state index contributed by atoms with van der Waals surface area (Å²) in [4.78, 5) is 1.89. The Kier molecular flexibility index (Phi) is 3.71. The first-order valence-corrected chi connectivity index (χ1v) is 9.14. The fourth-order valence-electron chi connectivity index (χ4n) is 2.93. The zero-order valence-corrected chi connectivity index (χ0v) is 13.0. The molecule has 5 nitrogen and oxygen atoms in total. The molecule has 2 heterocycles. The van der Waals surface area contributed by atoms with Crippen molar-refractivity contribution in [3.63, 3.8) is 0 Å². The van der Waals surface area contributed by atoms with Gasteiger partial charge in [-0.3, -0.25) is 4.90 Å². The average molecular weight is 321 g/mol. The number of thiophene rings is 1. The number of sulfonamides is 1. The summed E-state index contributed by atoms with van der Waals surface area (Å²) >= 11 is 1.58. The van der Waals surface area contributed by atoms with Crippen LogP contribution in [0.4, 0.5) is 0 Å². The van der Waals surface area contributed by atoms with Crippen LogP contribution in [0, 0.1) is 11.3 Å². The fraction of sp³-hybridized carbons (Fsp3) is 0.357. The quantitative estimate of drug-likeness (QED) is 0.936. The number of hydrogen-bond donors (Lipinski definition) is 1. The van der Waals surface area contributed by atoms with Gasteiger partial charge in [-0.1, -0.05) is 6.07 Å². The highest BCUT2D eigenvalue weighted by atomic mass is 32.2. The van der Waals surface area contributed by atoms with Crippen molar-refractivity contribution in [3.8, 4) is 6.07 Å². The van der Waals surface area contributed by atoms with Crippen molar-refractivity contribution in [1.29, 1.82) is 5.26 Å². The molecule has 0 radical (unpaired) electrons. The molecule has 21 heavy (non-hydrogen) atoms. The molecule has 7 heteroatoms. The van der Waals surface area contributed by atoms with E-state index in [0.29, 0.717) is 25.1 Å². The average Bonchev–Trinajstić information content (AvgIpc) is 3.06. The van der Waals surface area contributed by atoms with Crippen LogP contribution < -0.4 is 5.14 Å². The molecule has 1 fully saturated rings. The van der Waals surface area contributed by atoms with E-state index < -0.39 is 15.4 Å². The van der Waals surface area contributed by atoms with Crippen LogP contribution in [0.1, 0.15) is 24.0 Å². The molecule has 2 N–H and O–H groups in total. The Labute approximate surface area is 127 Å². The first-order valence-electron chi connectivity index (χ1n) is 6.65. The van der Waals surface area contributed by atoms with E-state index in [2.05, 4.69) is 6.07 Å². The third-order valence-corrected chi connectivity index (χ3v) is 6.14. The number of nitrogens with zero attached hydrogens (tertiary/aromatic N) is 2. The molecule has 1 aromatic carbocycles. The van der Waals surface area contributed by atoms with Crippen molar-refractivity contribution in [1.82, 2.24) is 4.90 Å². The zero-order chi connectivity index (χ0) is 15.0. The number of benzene rings is 1. The van der Waals surface area contributed by atoms with E-state index in [1.807, 2.05) is 22.4 Å². The molecule has 1 aromatic heterocycles. The Morgan fingerprint density at radius 1 is 1.48 bits per heavy atom. The van der Waals surface area contributed by atoms with Gasteiger partial charge in [0.05, 0.1) is 11.6 Å². The number of primary sulfonamides is 1. The highest BCUT2D eigenvalue weighted by molar-refractivity contribution is 7.89. The van der Waals surface area contributed by atoms with Crippen molar-refractivity contribution >= 4 is 31.4 Å². The molecule has 0 aliphatic carbocycles. The van der Waals surface area contributed by atoms with E-state index in [4.69, 9.17) is 5.14 Å². The largest absolute Gasteiger partial charge is 0.282 e. The van der Waals surface area contributed by atoms with Crippen LogP contribution >= 0.6 is 11.3 Å². The Balaban J connectivity index is 1.98. The number of rotatable bonds is 3. The zero-order valence-electron chi connectivity index (χ0n) is 11.3. The molecule has 3 rings (SSSR count). The molecular formula is C14H15N3O2S2. The van der Waals surface area contributed by atoms with E-state index in [0.717, 1.165) is 22.1 Å². The predicted octanol–water partition coefficient (Wildman–Crippen LogP) is 1.98. The van der Waals surface area contributed by atoms with E-state index >= 15 is 0 Å². The van der Waals surface area contributed by atoms with E-state index in [1.54, 1.807) is 17.4 Å². The van der Waals surface area contributed by atoms with Gasteiger partial charge in [-0.2, -0.15) is 5.26 Å². The molecule has 0 spiro atoms.